The van der Waals surface area contributed by atoms with Crippen LogP contribution in [0, 0.1) is 17.1 Å². The largest absolute Gasteiger partial charge is 0.395 e. The Morgan fingerprint density at radius 1 is 1.13 bits per heavy atom. The maximum atomic E-state index is 13.7. The van der Waals surface area contributed by atoms with E-state index in [2.05, 4.69) is 0 Å². The number of nitriles is 1. The highest BCUT2D eigenvalue weighted by molar-refractivity contribution is 7.89. The van der Waals surface area contributed by atoms with Crippen LogP contribution in [-0.4, -0.2) is 31.0 Å². The van der Waals surface area contributed by atoms with Crippen molar-refractivity contribution in [2.75, 3.05) is 13.2 Å². The second kappa shape index (κ2) is 7.33. The van der Waals surface area contributed by atoms with Crippen LogP contribution in [0.5, 0.6) is 0 Å². The van der Waals surface area contributed by atoms with E-state index in [-0.39, 0.29) is 19.7 Å². The first-order chi connectivity index (χ1) is 11.0. The van der Waals surface area contributed by atoms with Gasteiger partial charge in [-0.2, -0.15) is 9.57 Å². The minimum atomic E-state index is -4.12. The van der Waals surface area contributed by atoms with Gasteiger partial charge in [-0.1, -0.05) is 36.4 Å². The number of rotatable bonds is 6. The third-order valence-corrected chi connectivity index (χ3v) is 5.14. The number of nitrogens with zero attached hydrogens (tertiary/aromatic N) is 2. The highest BCUT2D eigenvalue weighted by atomic mass is 32.2. The highest BCUT2D eigenvalue weighted by Gasteiger charge is 2.28. The predicted molar refractivity (Wildman–Crippen MR) is 82.2 cm³/mol. The fraction of sp³-hybridized carbons (Fsp3) is 0.188. The second-order valence-corrected chi connectivity index (χ2v) is 6.68. The molecule has 0 atom stereocenters. The molecule has 0 unspecified atom stereocenters. The molecule has 0 aliphatic rings. The monoisotopic (exact) mass is 334 g/mol. The molecule has 0 bridgehead atoms. The van der Waals surface area contributed by atoms with E-state index in [0.717, 1.165) is 15.9 Å². The number of hydrogen-bond acceptors (Lipinski definition) is 4. The predicted octanol–water partition coefficient (Wildman–Crippen LogP) is 1.88. The van der Waals surface area contributed by atoms with Gasteiger partial charge in [0.15, 0.2) is 0 Å². The van der Waals surface area contributed by atoms with Gasteiger partial charge in [0.25, 0.3) is 0 Å². The summed E-state index contributed by atoms with van der Waals surface area (Å²) in [5.74, 6) is -0.891. The Morgan fingerprint density at radius 2 is 1.83 bits per heavy atom. The smallest absolute Gasteiger partial charge is 0.244 e. The van der Waals surface area contributed by atoms with Crippen molar-refractivity contribution in [2.24, 2.45) is 0 Å². The molecule has 0 fully saturated rings. The third kappa shape index (κ3) is 3.74. The molecule has 0 saturated heterocycles. The molecule has 120 valence electrons. The van der Waals surface area contributed by atoms with Gasteiger partial charge in [0, 0.05) is 13.1 Å². The minimum Gasteiger partial charge on any atom is -0.395 e. The lowest BCUT2D eigenvalue weighted by Crippen LogP contribution is -2.33. The van der Waals surface area contributed by atoms with E-state index < -0.39 is 26.3 Å². The van der Waals surface area contributed by atoms with Crippen molar-refractivity contribution in [1.82, 2.24) is 4.31 Å². The van der Waals surface area contributed by atoms with Crippen LogP contribution in [0.25, 0.3) is 0 Å². The first kappa shape index (κ1) is 17.1. The van der Waals surface area contributed by atoms with Crippen molar-refractivity contribution in [3.63, 3.8) is 0 Å². The van der Waals surface area contributed by atoms with Crippen LogP contribution in [0.1, 0.15) is 11.1 Å². The Balaban J connectivity index is 2.46. The van der Waals surface area contributed by atoms with Crippen LogP contribution in [-0.2, 0) is 16.6 Å². The lowest BCUT2D eigenvalue weighted by atomic mass is 10.2. The van der Waals surface area contributed by atoms with Gasteiger partial charge < -0.3 is 5.11 Å². The molecule has 0 heterocycles. The summed E-state index contributed by atoms with van der Waals surface area (Å²) < 4.78 is 40.2. The molecular weight excluding hydrogens is 319 g/mol. The molecule has 7 heteroatoms. The summed E-state index contributed by atoms with van der Waals surface area (Å²) in [6, 6.07) is 13.9. The Hall–Kier alpha value is -2.27. The normalized spacial score (nSPS) is 11.4. The van der Waals surface area contributed by atoms with Crippen molar-refractivity contribution in [3.05, 3.63) is 65.5 Å². The second-order valence-electron chi connectivity index (χ2n) is 4.77. The van der Waals surface area contributed by atoms with Gasteiger partial charge in [-0.3, -0.25) is 0 Å². The number of sulfonamides is 1. The number of aliphatic hydroxyl groups excluding tert-OH is 1. The first-order valence-electron chi connectivity index (χ1n) is 6.84. The van der Waals surface area contributed by atoms with Crippen LogP contribution in [0.15, 0.2) is 53.4 Å². The summed E-state index contributed by atoms with van der Waals surface area (Å²) in [6.45, 7) is -0.521. The molecule has 0 aliphatic carbocycles. The maximum Gasteiger partial charge on any atom is 0.244 e. The van der Waals surface area contributed by atoms with Crippen molar-refractivity contribution in [2.45, 2.75) is 11.4 Å². The third-order valence-electron chi connectivity index (χ3n) is 3.26. The molecule has 0 aliphatic heterocycles. The van der Waals surface area contributed by atoms with Gasteiger partial charge in [-0.25, -0.2) is 12.8 Å². The van der Waals surface area contributed by atoms with Gasteiger partial charge in [0.2, 0.25) is 10.0 Å². The van der Waals surface area contributed by atoms with Crippen molar-refractivity contribution in [3.8, 4) is 6.07 Å². The molecule has 0 aromatic heterocycles. The summed E-state index contributed by atoms with van der Waals surface area (Å²) in [5, 5.41) is 18.2. The van der Waals surface area contributed by atoms with Gasteiger partial charge in [0.1, 0.15) is 22.3 Å². The number of benzene rings is 2. The number of hydrogen-bond donors (Lipinski definition) is 1. The molecule has 2 aromatic rings. The fourth-order valence-electron chi connectivity index (χ4n) is 2.15. The van der Waals surface area contributed by atoms with Crippen molar-refractivity contribution >= 4 is 10.0 Å². The standard InChI is InChI=1S/C16H15FN2O3S/c17-15-7-4-8-16(14(15)11-18)23(21,22)19(9-10-20)12-13-5-2-1-3-6-13/h1-8,20H,9-10,12H2. The first-order valence-corrected chi connectivity index (χ1v) is 8.28. The van der Waals surface area contributed by atoms with Gasteiger partial charge in [0.05, 0.1) is 6.61 Å². The summed E-state index contributed by atoms with van der Waals surface area (Å²) in [5.41, 5.74) is 0.197. The van der Waals surface area contributed by atoms with Crippen LogP contribution in [0.3, 0.4) is 0 Å². The zero-order valence-corrected chi connectivity index (χ0v) is 13.0. The topological polar surface area (TPSA) is 81.4 Å². The Kier molecular flexibility index (Phi) is 5.45. The molecular formula is C16H15FN2O3S. The molecule has 0 radical (unpaired) electrons. The van der Waals surface area contributed by atoms with E-state index in [0.29, 0.717) is 0 Å². The summed E-state index contributed by atoms with van der Waals surface area (Å²) in [6.07, 6.45) is 0. The lowest BCUT2D eigenvalue weighted by Gasteiger charge is -2.22. The van der Waals surface area contributed by atoms with Crippen LogP contribution >= 0.6 is 0 Å². The van der Waals surface area contributed by atoms with Gasteiger partial charge in [-0.15, -0.1) is 0 Å². The average Bonchev–Trinajstić information content (AvgIpc) is 2.55. The van der Waals surface area contributed by atoms with E-state index >= 15 is 0 Å². The Morgan fingerprint density at radius 3 is 2.43 bits per heavy atom. The van der Waals surface area contributed by atoms with Gasteiger partial charge >= 0.3 is 0 Å². The zero-order chi connectivity index (χ0) is 16.9. The molecule has 1 N–H and O–H groups in total. The minimum absolute atomic E-state index is 0.0190. The number of aliphatic hydroxyl groups is 1. The highest BCUT2D eigenvalue weighted by Crippen LogP contribution is 2.23. The van der Waals surface area contributed by atoms with Crippen molar-refractivity contribution in [1.29, 1.82) is 5.26 Å². The lowest BCUT2D eigenvalue weighted by molar-refractivity contribution is 0.251. The Labute approximate surface area is 134 Å². The van der Waals surface area contributed by atoms with E-state index in [4.69, 9.17) is 10.4 Å². The van der Waals surface area contributed by atoms with E-state index in [9.17, 15) is 12.8 Å². The molecule has 2 aromatic carbocycles. The maximum absolute atomic E-state index is 13.7. The molecule has 23 heavy (non-hydrogen) atoms. The summed E-state index contributed by atoms with van der Waals surface area (Å²) in [4.78, 5) is -0.399. The summed E-state index contributed by atoms with van der Waals surface area (Å²) in [7, 11) is -4.12. The van der Waals surface area contributed by atoms with Crippen molar-refractivity contribution < 1.29 is 17.9 Å². The van der Waals surface area contributed by atoms with E-state index in [1.54, 1.807) is 36.4 Å². The molecule has 5 nitrogen and oxygen atoms in total. The van der Waals surface area contributed by atoms with Gasteiger partial charge in [-0.05, 0) is 17.7 Å². The van der Waals surface area contributed by atoms with E-state index in [1.807, 2.05) is 0 Å². The SMILES string of the molecule is N#Cc1c(F)cccc1S(=O)(=O)N(CCO)Cc1ccccc1. The Bertz CT molecular complexity index is 817. The molecule has 0 saturated carbocycles. The molecule has 2 rings (SSSR count). The quantitative estimate of drug-likeness (QED) is 0.874. The van der Waals surface area contributed by atoms with Crippen LogP contribution in [0.2, 0.25) is 0 Å². The zero-order valence-electron chi connectivity index (χ0n) is 12.2. The molecule has 0 amide bonds. The summed E-state index contributed by atoms with van der Waals surface area (Å²) >= 11 is 0. The fourth-order valence-corrected chi connectivity index (χ4v) is 3.72. The van der Waals surface area contributed by atoms with Crippen LogP contribution < -0.4 is 0 Å². The molecule has 0 spiro atoms. The van der Waals surface area contributed by atoms with E-state index in [1.165, 1.54) is 12.1 Å². The van der Waals surface area contributed by atoms with Crippen LogP contribution in [0.4, 0.5) is 4.39 Å². The number of halogens is 1. The average molecular weight is 334 g/mol.